The van der Waals surface area contributed by atoms with Gasteiger partial charge in [-0.05, 0) is 31.5 Å². The SMILES string of the molecule is Cc1ccc(C(O)=C2C(=O)C(=O)N(c3ncc(S(=O)(=O)c4ccc([N+](=O)[O-])cc4)s3)C2c2ccc(C)cc2)cc1. The van der Waals surface area contributed by atoms with Crippen LogP contribution in [0.4, 0.5) is 10.8 Å². The number of hydrogen-bond acceptors (Lipinski definition) is 9. The molecule has 1 aromatic heterocycles. The summed E-state index contributed by atoms with van der Waals surface area (Å²) in [7, 11) is -4.14. The lowest BCUT2D eigenvalue weighted by Crippen LogP contribution is -2.29. The van der Waals surface area contributed by atoms with Crippen molar-refractivity contribution in [2.45, 2.75) is 29.0 Å². The summed E-state index contributed by atoms with van der Waals surface area (Å²) in [5.74, 6) is -2.26. The molecule has 3 aromatic carbocycles. The summed E-state index contributed by atoms with van der Waals surface area (Å²) in [5.41, 5.74) is 2.34. The summed E-state index contributed by atoms with van der Waals surface area (Å²) in [5, 5.41) is 22.1. The second-order valence-corrected chi connectivity index (χ2v) is 12.3. The minimum atomic E-state index is -4.14. The average molecular weight is 576 g/mol. The molecule has 1 unspecified atom stereocenters. The van der Waals surface area contributed by atoms with Gasteiger partial charge in [-0.3, -0.25) is 24.6 Å². The molecule has 1 fully saturated rings. The van der Waals surface area contributed by atoms with Crippen molar-refractivity contribution in [3.8, 4) is 0 Å². The predicted molar refractivity (Wildman–Crippen MR) is 148 cm³/mol. The third-order valence-electron chi connectivity index (χ3n) is 6.46. The number of aromatic nitrogens is 1. The Morgan fingerprint density at radius 1 is 0.950 bits per heavy atom. The highest BCUT2D eigenvalue weighted by Gasteiger charge is 2.48. The van der Waals surface area contributed by atoms with Crippen LogP contribution in [0.3, 0.4) is 0 Å². The van der Waals surface area contributed by atoms with E-state index in [2.05, 4.69) is 4.98 Å². The van der Waals surface area contributed by atoms with E-state index in [1.54, 1.807) is 48.5 Å². The largest absolute Gasteiger partial charge is 0.507 e. The number of nitrogens with zero attached hydrogens (tertiary/aromatic N) is 3. The van der Waals surface area contributed by atoms with Crippen LogP contribution in [0.1, 0.15) is 28.3 Å². The molecule has 40 heavy (non-hydrogen) atoms. The molecule has 4 aromatic rings. The summed E-state index contributed by atoms with van der Waals surface area (Å²) in [4.78, 5) is 42.1. The van der Waals surface area contributed by atoms with Gasteiger partial charge in [-0.2, -0.15) is 0 Å². The van der Waals surface area contributed by atoms with E-state index >= 15 is 0 Å². The number of Topliss-reactive ketones (excluding diaryl/α,β-unsaturated/α-hetero) is 1. The lowest BCUT2D eigenvalue weighted by Gasteiger charge is -2.23. The van der Waals surface area contributed by atoms with Crippen LogP contribution in [0, 0.1) is 24.0 Å². The van der Waals surface area contributed by atoms with Crippen molar-refractivity contribution in [1.29, 1.82) is 0 Å². The van der Waals surface area contributed by atoms with Gasteiger partial charge in [-0.15, -0.1) is 0 Å². The number of nitro groups is 1. The fraction of sp³-hybridized carbons (Fsp3) is 0.107. The summed E-state index contributed by atoms with van der Waals surface area (Å²) in [6.45, 7) is 3.75. The second-order valence-electron chi connectivity index (χ2n) is 9.16. The van der Waals surface area contributed by atoms with E-state index in [0.717, 1.165) is 46.5 Å². The van der Waals surface area contributed by atoms with Crippen molar-refractivity contribution in [2.75, 3.05) is 4.90 Å². The molecule has 0 saturated carbocycles. The Bertz CT molecular complexity index is 1790. The molecule has 1 N–H and O–H groups in total. The zero-order chi connectivity index (χ0) is 28.8. The number of aliphatic hydroxyl groups is 1. The van der Waals surface area contributed by atoms with Crippen LogP contribution in [-0.2, 0) is 19.4 Å². The molecule has 0 spiro atoms. The van der Waals surface area contributed by atoms with Crippen LogP contribution < -0.4 is 4.90 Å². The molecular weight excluding hydrogens is 554 g/mol. The number of rotatable bonds is 6. The number of thiazole rings is 1. The summed E-state index contributed by atoms with van der Waals surface area (Å²) < 4.78 is 26.3. The number of non-ortho nitro benzene ring substituents is 1. The molecule has 202 valence electrons. The quantitative estimate of drug-likeness (QED) is 0.109. The van der Waals surface area contributed by atoms with Crippen molar-refractivity contribution >= 4 is 49.4 Å². The first-order chi connectivity index (χ1) is 19.0. The number of sulfone groups is 1. The molecule has 0 radical (unpaired) electrons. The van der Waals surface area contributed by atoms with E-state index in [4.69, 9.17) is 0 Å². The molecule has 5 rings (SSSR count). The number of carbonyl (C=O) groups is 2. The number of amides is 1. The normalized spacial score (nSPS) is 16.9. The summed E-state index contributed by atoms with van der Waals surface area (Å²) in [6, 6.07) is 17.2. The van der Waals surface area contributed by atoms with Crippen LogP contribution in [0.25, 0.3) is 5.76 Å². The van der Waals surface area contributed by atoms with Gasteiger partial charge in [0.25, 0.3) is 11.5 Å². The maximum atomic E-state index is 13.4. The van der Waals surface area contributed by atoms with E-state index in [0.29, 0.717) is 22.5 Å². The number of aryl methyl sites for hydroxylation is 2. The zero-order valence-electron chi connectivity index (χ0n) is 21.1. The fourth-order valence-corrected chi connectivity index (χ4v) is 6.86. The molecule has 1 amide bonds. The number of nitro benzene ring substituents is 1. The Morgan fingerprint density at radius 2 is 1.52 bits per heavy atom. The second kappa shape index (κ2) is 10.1. The van der Waals surface area contributed by atoms with Gasteiger partial charge in [0.05, 0.1) is 27.6 Å². The van der Waals surface area contributed by atoms with Gasteiger partial charge in [-0.1, -0.05) is 71.0 Å². The standard InChI is InChI=1S/C28H21N3O7S2/c1-16-3-7-18(8-4-16)24-23(25(32)19-9-5-17(2)6-10-19)26(33)27(34)30(24)28-29-15-22(39-28)40(37,38)21-13-11-20(12-14-21)31(35)36/h3-15,24,32H,1-2H3. The smallest absolute Gasteiger partial charge is 0.301 e. The number of aliphatic hydroxyl groups excluding tert-OH is 1. The van der Waals surface area contributed by atoms with Crippen molar-refractivity contribution in [3.05, 3.63) is 117 Å². The molecule has 10 nitrogen and oxygen atoms in total. The number of ketones is 1. The molecule has 1 saturated heterocycles. The molecule has 1 aliphatic heterocycles. The molecular formula is C28H21N3O7S2. The van der Waals surface area contributed by atoms with Gasteiger partial charge in [0.2, 0.25) is 9.84 Å². The van der Waals surface area contributed by atoms with E-state index in [9.17, 15) is 33.2 Å². The number of hydrogen-bond donors (Lipinski definition) is 1. The lowest BCUT2D eigenvalue weighted by molar-refractivity contribution is -0.384. The van der Waals surface area contributed by atoms with Gasteiger partial charge in [-0.25, -0.2) is 13.4 Å². The molecule has 0 aliphatic carbocycles. The first-order valence-corrected chi connectivity index (χ1v) is 14.2. The summed E-state index contributed by atoms with van der Waals surface area (Å²) >= 11 is 0.677. The van der Waals surface area contributed by atoms with Gasteiger partial charge >= 0.3 is 5.91 Å². The monoisotopic (exact) mass is 575 g/mol. The van der Waals surface area contributed by atoms with E-state index in [-0.39, 0.29) is 31.3 Å². The topological polar surface area (TPSA) is 148 Å². The van der Waals surface area contributed by atoms with Crippen LogP contribution >= 0.6 is 11.3 Å². The van der Waals surface area contributed by atoms with Crippen molar-refractivity contribution in [3.63, 3.8) is 0 Å². The van der Waals surface area contributed by atoms with Crippen molar-refractivity contribution in [2.24, 2.45) is 0 Å². The highest BCUT2D eigenvalue weighted by molar-refractivity contribution is 7.93. The third-order valence-corrected chi connectivity index (χ3v) is 9.69. The molecule has 12 heteroatoms. The Labute approximate surface area is 232 Å². The Balaban J connectivity index is 1.62. The summed E-state index contributed by atoms with van der Waals surface area (Å²) in [6.07, 6.45) is 1.07. The highest BCUT2D eigenvalue weighted by Crippen LogP contribution is 2.44. The minimum absolute atomic E-state index is 0.0592. The van der Waals surface area contributed by atoms with Gasteiger partial charge in [0, 0.05) is 17.7 Å². The van der Waals surface area contributed by atoms with E-state index in [1.165, 1.54) is 0 Å². The zero-order valence-corrected chi connectivity index (χ0v) is 22.8. The maximum absolute atomic E-state index is 13.4. The van der Waals surface area contributed by atoms with Gasteiger partial charge in [0.15, 0.2) is 5.13 Å². The Hall–Kier alpha value is -4.68. The van der Waals surface area contributed by atoms with Crippen molar-refractivity contribution in [1.82, 2.24) is 4.98 Å². The van der Waals surface area contributed by atoms with Crippen LogP contribution in [0.15, 0.2) is 93.7 Å². The fourth-order valence-electron chi connectivity index (χ4n) is 4.31. The van der Waals surface area contributed by atoms with Crippen LogP contribution in [0.5, 0.6) is 0 Å². The van der Waals surface area contributed by atoms with Crippen LogP contribution in [-0.4, -0.2) is 35.1 Å². The predicted octanol–water partition coefficient (Wildman–Crippen LogP) is 5.13. The Kier molecular flexibility index (Phi) is 6.82. The maximum Gasteiger partial charge on any atom is 0.301 e. The first-order valence-electron chi connectivity index (χ1n) is 11.9. The Morgan fingerprint density at radius 3 is 2.10 bits per heavy atom. The number of carbonyl (C=O) groups excluding carboxylic acids is 2. The van der Waals surface area contributed by atoms with E-state index in [1.807, 2.05) is 13.8 Å². The van der Waals surface area contributed by atoms with Crippen molar-refractivity contribution < 1.29 is 28.0 Å². The average Bonchev–Trinajstić information content (AvgIpc) is 3.53. The molecule has 1 atom stereocenters. The minimum Gasteiger partial charge on any atom is -0.507 e. The van der Waals surface area contributed by atoms with E-state index < -0.39 is 32.5 Å². The number of benzene rings is 3. The first kappa shape index (κ1) is 26.9. The number of anilines is 1. The molecule has 0 bridgehead atoms. The molecule has 1 aliphatic rings. The van der Waals surface area contributed by atoms with Gasteiger partial charge in [0.1, 0.15) is 9.97 Å². The highest BCUT2D eigenvalue weighted by atomic mass is 32.2. The molecule has 2 heterocycles. The van der Waals surface area contributed by atoms with Gasteiger partial charge < -0.3 is 5.11 Å². The lowest BCUT2D eigenvalue weighted by atomic mass is 9.94. The third kappa shape index (κ3) is 4.67. The van der Waals surface area contributed by atoms with Crippen LogP contribution in [0.2, 0.25) is 0 Å².